The fourth-order valence-corrected chi connectivity index (χ4v) is 3.51. The molecule has 0 aromatic heterocycles. The zero-order valence-electron chi connectivity index (χ0n) is 14.3. The highest BCUT2D eigenvalue weighted by Crippen LogP contribution is 2.50. The first kappa shape index (κ1) is 17.4. The molecule has 128 valence electrons. The molecule has 0 N–H and O–H groups in total. The molecule has 0 amide bonds. The SMILES string of the molecule is CC(C)(C)OC(=O)[C@@]12O[C@@](C)(C=C1c1ccc(Br)cc1)CCC2=O. The third kappa shape index (κ3) is 2.84. The molecule has 2 atom stereocenters. The van der Waals surface area contributed by atoms with Gasteiger partial charge in [-0.2, -0.15) is 0 Å². The Morgan fingerprint density at radius 3 is 2.46 bits per heavy atom. The number of hydrogen-bond acceptors (Lipinski definition) is 4. The number of Topliss-reactive ketones (excluding diaryl/α,β-unsaturated/α-hetero) is 1. The Balaban J connectivity index is 2.12. The molecule has 0 unspecified atom stereocenters. The van der Waals surface area contributed by atoms with Crippen LogP contribution in [0.15, 0.2) is 34.8 Å². The van der Waals surface area contributed by atoms with Crippen molar-refractivity contribution in [3.63, 3.8) is 0 Å². The van der Waals surface area contributed by atoms with Crippen LogP contribution in [0.25, 0.3) is 5.57 Å². The average Bonchev–Trinajstić information content (AvgIpc) is 2.74. The van der Waals surface area contributed by atoms with Gasteiger partial charge in [0.05, 0.1) is 5.60 Å². The second-order valence-electron chi connectivity index (χ2n) is 7.59. The second-order valence-corrected chi connectivity index (χ2v) is 8.50. The van der Waals surface area contributed by atoms with E-state index >= 15 is 0 Å². The highest BCUT2D eigenvalue weighted by atomic mass is 79.9. The van der Waals surface area contributed by atoms with Gasteiger partial charge in [0.25, 0.3) is 0 Å². The molecular formula is C19H21BrO4. The van der Waals surface area contributed by atoms with Crippen LogP contribution in [-0.4, -0.2) is 28.6 Å². The number of esters is 1. The minimum Gasteiger partial charge on any atom is -0.457 e. The number of carbonyl (C=O) groups excluding carboxylic acids is 2. The molecule has 24 heavy (non-hydrogen) atoms. The van der Waals surface area contributed by atoms with Crippen molar-refractivity contribution in [1.29, 1.82) is 0 Å². The molecule has 1 saturated heterocycles. The molecule has 4 nitrogen and oxygen atoms in total. The van der Waals surface area contributed by atoms with E-state index in [-0.39, 0.29) is 5.78 Å². The fourth-order valence-electron chi connectivity index (χ4n) is 3.24. The summed E-state index contributed by atoms with van der Waals surface area (Å²) >= 11 is 3.41. The molecule has 2 heterocycles. The lowest BCUT2D eigenvalue weighted by Gasteiger charge is -2.38. The van der Waals surface area contributed by atoms with E-state index in [1.165, 1.54) is 0 Å². The van der Waals surface area contributed by atoms with E-state index in [9.17, 15) is 9.59 Å². The molecule has 3 rings (SSSR count). The average molecular weight is 393 g/mol. The van der Waals surface area contributed by atoms with Crippen LogP contribution in [0.4, 0.5) is 0 Å². The molecular weight excluding hydrogens is 372 g/mol. The van der Waals surface area contributed by atoms with Crippen LogP contribution in [0.2, 0.25) is 0 Å². The number of ether oxygens (including phenoxy) is 2. The van der Waals surface area contributed by atoms with Gasteiger partial charge in [-0.05, 0) is 57.9 Å². The number of halogens is 1. The van der Waals surface area contributed by atoms with E-state index in [2.05, 4.69) is 15.9 Å². The molecule has 0 saturated carbocycles. The van der Waals surface area contributed by atoms with Gasteiger partial charge < -0.3 is 9.47 Å². The smallest absolute Gasteiger partial charge is 0.351 e. The van der Waals surface area contributed by atoms with Crippen LogP contribution in [0.3, 0.4) is 0 Å². The van der Waals surface area contributed by atoms with Gasteiger partial charge in [-0.15, -0.1) is 0 Å². The van der Waals surface area contributed by atoms with Gasteiger partial charge in [-0.1, -0.05) is 28.1 Å². The predicted molar refractivity (Wildman–Crippen MR) is 94.4 cm³/mol. The number of ketones is 1. The maximum atomic E-state index is 13.0. The molecule has 0 radical (unpaired) electrons. The fraction of sp³-hybridized carbons (Fsp3) is 0.474. The number of rotatable bonds is 2. The van der Waals surface area contributed by atoms with E-state index in [1.807, 2.05) is 37.3 Å². The first-order valence-electron chi connectivity index (χ1n) is 8.02. The Kier molecular flexibility index (Phi) is 4.00. The molecule has 2 aliphatic heterocycles. The second kappa shape index (κ2) is 5.53. The zero-order chi connectivity index (χ0) is 17.8. The van der Waals surface area contributed by atoms with Crippen molar-refractivity contribution in [3.05, 3.63) is 40.4 Å². The van der Waals surface area contributed by atoms with Crippen molar-refractivity contribution in [2.24, 2.45) is 0 Å². The van der Waals surface area contributed by atoms with Crippen LogP contribution in [-0.2, 0) is 19.1 Å². The number of benzene rings is 1. The van der Waals surface area contributed by atoms with Gasteiger partial charge in [-0.25, -0.2) is 4.79 Å². The van der Waals surface area contributed by atoms with Crippen LogP contribution >= 0.6 is 15.9 Å². The minimum absolute atomic E-state index is 0.235. The van der Waals surface area contributed by atoms with Gasteiger partial charge in [0, 0.05) is 16.5 Å². The predicted octanol–water partition coefficient (Wildman–Crippen LogP) is 4.06. The molecule has 0 aliphatic carbocycles. The van der Waals surface area contributed by atoms with Crippen molar-refractivity contribution < 1.29 is 19.1 Å². The summed E-state index contributed by atoms with van der Waals surface area (Å²) in [5.41, 5.74) is -1.60. The number of carbonyl (C=O) groups is 2. The lowest BCUT2D eigenvalue weighted by molar-refractivity contribution is -0.192. The van der Waals surface area contributed by atoms with Crippen LogP contribution in [0, 0.1) is 0 Å². The molecule has 5 heteroatoms. The standard InChI is InChI=1S/C19H21BrO4/c1-17(2,3)23-16(22)19-14(12-5-7-13(20)8-6-12)11-18(4,24-19)10-9-15(19)21/h5-8,11H,9-10H2,1-4H3/t18-,19-/m1/s1. The maximum absolute atomic E-state index is 13.0. The van der Waals surface area contributed by atoms with E-state index in [4.69, 9.17) is 9.47 Å². The molecule has 0 spiro atoms. The normalized spacial score (nSPS) is 29.4. The zero-order valence-corrected chi connectivity index (χ0v) is 15.9. The summed E-state index contributed by atoms with van der Waals surface area (Å²) in [6.07, 6.45) is 2.77. The van der Waals surface area contributed by atoms with Crippen molar-refractivity contribution >= 4 is 33.3 Å². The lowest BCUT2D eigenvalue weighted by Crippen LogP contribution is -2.55. The summed E-state index contributed by atoms with van der Waals surface area (Å²) in [5.74, 6) is -0.863. The van der Waals surface area contributed by atoms with E-state index < -0.39 is 22.8 Å². The molecule has 2 bridgehead atoms. The number of fused-ring (bicyclic) bond motifs is 2. The van der Waals surface area contributed by atoms with Gasteiger partial charge in [0.1, 0.15) is 5.60 Å². The van der Waals surface area contributed by atoms with E-state index in [0.29, 0.717) is 18.4 Å². The van der Waals surface area contributed by atoms with Crippen LogP contribution in [0.5, 0.6) is 0 Å². The van der Waals surface area contributed by atoms with Crippen molar-refractivity contribution in [1.82, 2.24) is 0 Å². The van der Waals surface area contributed by atoms with Gasteiger partial charge in [0.15, 0.2) is 5.78 Å². The van der Waals surface area contributed by atoms with Gasteiger partial charge in [-0.3, -0.25) is 4.79 Å². The summed E-state index contributed by atoms with van der Waals surface area (Å²) < 4.78 is 12.5. The summed E-state index contributed by atoms with van der Waals surface area (Å²) in [5, 5.41) is 0. The first-order chi connectivity index (χ1) is 11.1. The Morgan fingerprint density at radius 1 is 1.25 bits per heavy atom. The molecule has 1 fully saturated rings. The topological polar surface area (TPSA) is 52.6 Å². The monoisotopic (exact) mass is 392 g/mol. The quantitative estimate of drug-likeness (QED) is 0.562. The molecule has 2 aliphatic rings. The van der Waals surface area contributed by atoms with E-state index in [0.717, 1.165) is 10.0 Å². The summed E-state index contributed by atoms with van der Waals surface area (Å²) in [6.45, 7) is 7.26. The third-order valence-corrected chi connectivity index (χ3v) is 4.83. The van der Waals surface area contributed by atoms with Crippen LogP contribution in [0.1, 0.15) is 46.1 Å². The Hall–Kier alpha value is -1.46. The minimum atomic E-state index is -1.66. The molecule has 1 aromatic rings. The number of hydrogen-bond donors (Lipinski definition) is 0. The summed E-state index contributed by atoms with van der Waals surface area (Å²) in [7, 11) is 0. The third-order valence-electron chi connectivity index (χ3n) is 4.30. The highest BCUT2D eigenvalue weighted by Gasteiger charge is 2.62. The van der Waals surface area contributed by atoms with Crippen molar-refractivity contribution in [2.75, 3.05) is 0 Å². The van der Waals surface area contributed by atoms with E-state index in [1.54, 1.807) is 20.8 Å². The molecule has 1 aromatic carbocycles. The highest BCUT2D eigenvalue weighted by molar-refractivity contribution is 9.10. The van der Waals surface area contributed by atoms with Crippen molar-refractivity contribution in [3.8, 4) is 0 Å². The summed E-state index contributed by atoms with van der Waals surface area (Å²) in [6, 6.07) is 7.52. The maximum Gasteiger partial charge on any atom is 0.351 e. The Labute approximate surface area is 150 Å². The Morgan fingerprint density at radius 2 is 1.88 bits per heavy atom. The first-order valence-corrected chi connectivity index (χ1v) is 8.81. The van der Waals surface area contributed by atoms with Gasteiger partial charge >= 0.3 is 5.97 Å². The largest absolute Gasteiger partial charge is 0.457 e. The summed E-state index contributed by atoms with van der Waals surface area (Å²) in [4.78, 5) is 25.8. The van der Waals surface area contributed by atoms with Crippen molar-refractivity contribution in [2.45, 2.75) is 57.3 Å². The lowest BCUT2D eigenvalue weighted by atomic mass is 9.84. The van der Waals surface area contributed by atoms with Gasteiger partial charge in [0.2, 0.25) is 5.60 Å². The van der Waals surface area contributed by atoms with Crippen LogP contribution < -0.4 is 0 Å². The Bertz CT molecular complexity index is 729.